The van der Waals surface area contributed by atoms with E-state index in [9.17, 15) is 0 Å². The first-order valence-electron chi connectivity index (χ1n) is 32.6. The minimum absolute atomic E-state index is 0.380. The van der Waals surface area contributed by atoms with Gasteiger partial charge in [-0.2, -0.15) is 0 Å². The Morgan fingerprint density at radius 3 is 0.882 bits per heavy atom. The maximum absolute atomic E-state index is 16.1. The maximum Gasteiger partial charge on any atom is 0.323 e. The number of nitrogens with one attached hydrogen (secondary N) is 6. The van der Waals surface area contributed by atoms with Crippen molar-refractivity contribution in [1.29, 1.82) is 0 Å². The molecule has 12 heteroatoms. The van der Waals surface area contributed by atoms with Gasteiger partial charge in [-0.05, 0) is 222 Å². The van der Waals surface area contributed by atoms with Crippen LogP contribution < -0.4 is 16.4 Å². The highest BCUT2D eigenvalue weighted by atomic mass is 16.2. The number of hydrogen-bond acceptors (Lipinski definition) is 6. The number of allylic oxidation sites excluding steroid dienone is 8. The number of H-pyrrole nitrogens is 4. The summed E-state index contributed by atoms with van der Waals surface area (Å²) in [4.78, 5) is 54.2. The number of carbonyl (C=O) groups excluding carboxylic acids is 1. The fraction of sp³-hybridized carbons (Fsp3) is 0.438. The average molecular weight is 1140 g/mol. The summed E-state index contributed by atoms with van der Waals surface area (Å²) in [5, 5.41) is 7.23. The highest BCUT2D eigenvalue weighted by Gasteiger charge is 2.30. The standard InChI is InChI=1S/C73H93N11O/c1-17-38-40(19-3)56-34-60-44(23-7)50(29-13)67(79-60)71(68-51(30-14)45(24-8)61(80-68)35-57-41(20-4)39(18-2)55(76-57)33-54(38)75-56)83-73(85)84-72-69-52(31-15)46(25-9)62(81-69)36-58-42(21-5)48(27-11)65(77-58)64(74)66-49(28-12)43(22-6)59(78-66)37-63-47(26-10)53(32-16)70(72)82-63/h33-37,75,77,80,82H,17-32,74H2,1-16H3,(H2,83,84,85). The van der Waals surface area contributed by atoms with Gasteiger partial charge in [0.2, 0.25) is 0 Å². The van der Waals surface area contributed by atoms with Gasteiger partial charge in [0.25, 0.3) is 0 Å². The van der Waals surface area contributed by atoms with Crippen LogP contribution in [0.1, 0.15) is 252 Å². The van der Waals surface area contributed by atoms with Crippen LogP contribution in [-0.2, 0) is 51.4 Å². The lowest BCUT2D eigenvalue weighted by atomic mass is 9.97. The summed E-state index contributed by atoms with van der Waals surface area (Å²) in [6.45, 7) is 35.6. The van der Waals surface area contributed by atoms with Crippen LogP contribution in [0, 0.1) is 0 Å². The van der Waals surface area contributed by atoms with Crippen molar-refractivity contribution in [3.63, 3.8) is 0 Å². The molecule has 2 amide bonds. The lowest BCUT2D eigenvalue weighted by Crippen LogP contribution is -2.21. The van der Waals surface area contributed by atoms with Crippen LogP contribution in [-0.4, -0.2) is 45.9 Å². The average Bonchev–Trinajstić information content (AvgIpc) is 2.67. The molecule has 0 saturated carbocycles. The molecule has 446 valence electrons. The topological polar surface area (TPSA) is 182 Å². The zero-order chi connectivity index (χ0) is 60.7. The summed E-state index contributed by atoms with van der Waals surface area (Å²) < 4.78 is 0. The lowest BCUT2D eigenvalue weighted by molar-refractivity contribution is 0.262. The van der Waals surface area contributed by atoms with E-state index in [2.05, 4.69) is 172 Å². The lowest BCUT2D eigenvalue weighted by Gasteiger charge is -2.15. The molecule has 6 aromatic rings. The third-order valence-corrected chi connectivity index (χ3v) is 18.9. The van der Waals surface area contributed by atoms with E-state index in [1.54, 1.807) is 0 Å². The first-order chi connectivity index (χ1) is 41.2. The minimum atomic E-state index is -0.380. The Morgan fingerprint density at radius 1 is 0.318 bits per heavy atom. The molecule has 0 unspecified atom stereocenters. The van der Waals surface area contributed by atoms with Gasteiger partial charge in [-0.15, -0.1) is 0 Å². The molecule has 0 fully saturated rings. The molecule has 12 nitrogen and oxygen atoms in total. The van der Waals surface area contributed by atoms with Gasteiger partial charge < -0.3 is 36.3 Å². The predicted octanol–water partition coefficient (Wildman–Crippen LogP) is 19.6. The number of nitrogens with two attached hydrogens (primary N) is 1. The number of rotatable bonds is 18. The molecule has 0 aliphatic carbocycles. The van der Waals surface area contributed by atoms with Crippen molar-refractivity contribution in [3.8, 4) is 0 Å². The smallest absolute Gasteiger partial charge is 0.323 e. The molecule has 6 aromatic heterocycles. The Bertz CT molecular complexity index is 4180. The number of nitrogens with zero attached hydrogens (tertiary/aromatic N) is 4. The fourth-order valence-corrected chi connectivity index (χ4v) is 15.0. The molecule has 0 radical (unpaired) electrons. The van der Waals surface area contributed by atoms with Gasteiger partial charge in [0, 0.05) is 27.6 Å². The largest absolute Gasteiger partial charge is 0.395 e. The van der Waals surface area contributed by atoms with Crippen molar-refractivity contribution in [2.75, 3.05) is 16.4 Å². The van der Waals surface area contributed by atoms with Gasteiger partial charge in [-0.25, -0.2) is 24.7 Å². The van der Waals surface area contributed by atoms with Crippen LogP contribution in [0.4, 0.5) is 21.9 Å². The highest BCUT2D eigenvalue weighted by molar-refractivity contribution is 6.12. The zero-order valence-corrected chi connectivity index (χ0v) is 54.0. The number of carbonyl (C=O) groups is 1. The molecule has 0 aromatic carbocycles. The van der Waals surface area contributed by atoms with Gasteiger partial charge in [0.15, 0.2) is 0 Å². The van der Waals surface area contributed by atoms with Crippen LogP contribution in [0.15, 0.2) is 30.3 Å². The number of anilines is 3. The van der Waals surface area contributed by atoms with Gasteiger partial charge in [-0.1, -0.05) is 111 Å². The van der Waals surface area contributed by atoms with Crippen molar-refractivity contribution >= 4 is 112 Å². The first kappa shape index (κ1) is 60.4. The monoisotopic (exact) mass is 1140 g/mol. The van der Waals surface area contributed by atoms with Gasteiger partial charge in [-0.3, -0.25) is 0 Å². The number of nitrogen functional groups attached to an aromatic ring is 1. The van der Waals surface area contributed by atoms with Crippen LogP contribution in [0.5, 0.6) is 0 Å². The molecular formula is C73H93N11O. The molecule has 4 aliphatic rings. The van der Waals surface area contributed by atoms with Crippen LogP contribution >= 0.6 is 0 Å². The quantitative estimate of drug-likeness (QED) is 0.0450. The zero-order valence-electron chi connectivity index (χ0n) is 54.0. The van der Waals surface area contributed by atoms with Crippen molar-refractivity contribution in [1.82, 2.24) is 39.9 Å². The molecule has 0 spiro atoms. The molecule has 10 heterocycles. The Labute approximate surface area is 504 Å². The highest BCUT2D eigenvalue weighted by Crippen LogP contribution is 2.46. The molecule has 4 aliphatic heterocycles. The number of hydrogen-bond donors (Lipinski definition) is 7. The first-order valence-corrected chi connectivity index (χ1v) is 32.6. The van der Waals surface area contributed by atoms with Crippen molar-refractivity contribution in [2.45, 2.75) is 214 Å². The van der Waals surface area contributed by atoms with Crippen LogP contribution in [0.25, 0.3) is 88.7 Å². The maximum atomic E-state index is 16.1. The second kappa shape index (κ2) is 25.1. The summed E-state index contributed by atoms with van der Waals surface area (Å²) >= 11 is 0. The minimum Gasteiger partial charge on any atom is -0.395 e. The van der Waals surface area contributed by atoms with Crippen molar-refractivity contribution < 1.29 is 4.79 Å². The summed E-state index contributed by atoms with van der Waals surface area (Å²) in [6.07, 6.45) is 12.7. The predicted molar refractivity (Wildman–Crippen MR) is 364 cm³/mol. The number of aryl methyl sites for hydroxylation is 8. The van der Waals surface area contributed by atoms with Gasteiger partial charge >= 0.3 is 6.03 Å². The molecule has 0 atom stereocenters. The molecule has 10 rings (SSSR count). The van der Waals surface area contributed by atoms with Gasteiger partial charge in [0.1, 0.15) is 0 Å². The number of aromatic nitrogens is 8. The van der Waals surface area contributed by atoms with Crippen molar-refractivity contribution in [2.24, 2.45) is 0 Å². The second-order valence-electron chi connectivity index (χ2n) is 22.9. The van der Waals surface area contributed by atoms with E-state index >= 15 is 4.79 Å². The van der Waals surface area contributed by atoms with E-state index in [1.165, 1.54) is 61.2 Å². The van der Waals surface area contributed by atoms with E-state index in [0.29, 0.717) is 23.5 Å². The summed E-state index contributed by atoms with van der Waals surface area (Å²) in [5.41, 5.74) is 43.4. The molecule has 8 N–H and O–H groups in total. The molecule has 0 saturated heterocycles. The fourth-order valence-electron chi connectivity index (χ4n) is 15.0. The van der Waals surface area contributed by atoms with Crippen molar-refractivity contribution in [3.05, 3.63) is 120 Å². The normalized spacial score (nSPS) is 13.6. The number of urea groups is 1. The Morgan fingerprint density at radius 2 is 0.565 bits per heavy atom. The second-order valence-corrected chi connectivity index (χ2v) is 22.9. The Kier molecular flexibility index (Phi) is 17.8. The SMILES string of the molecule is CCC1=C(CC)c2cc3[nH]c(c(CC)c3CC)c(NC(=O)Nc3c4nc(cc5[nH]c(c(N)c6nc(cc7[nH]c3c(CC)c7CC)C(CC)=C6CC)c(CC)c5CC)C(CC)=C4CC)c3nc(cc4[nH]c(cc1n2)c(CC)c4CC)C(CC)=C3CC. The van der Waals surface area contributed by atoms with Crippen LogP contribution in [0.3, 0.4) is 0 Å². The molecular weight excluding hydrogens is 1050 g/mol. The molecule has 16 bridgehead atoms. The third kappa shape index (κ3) is 10.1. The Balaban J connectivity index is 1.33. The van der Waals surface area contributed by atoms with E-state index < -0.39 is 0 Å². The number of fused-ring (bicyclic) bond motifs is 16. The number of aromatic amines is 4. The van der Waals surface area contributed by atoms with E-state index in [4.69, 9.17) is 25.7 Å². The van der Waals surface area contributed by atoms with E-state index in [1.807, 2.05) is 0 Å². The summed E-state index contributed by atoms with van der Waals surface area (Å²) in [7, 11) is 0. The van der Waals surface area contributed by atoms with E-state index in [-0.39, 0.29) is 6.03 Å². The Hall–Kier alpha value is -7.73. The summed E-state index contributed by atoms with van der Waals surface area (Å²) in [6, 6.07) is 10.9. The molecule has 85 heavy (non-hydrogen) atoms. The van der Waals surface area contributed by atoms with Gasteiger partial charge in [0.05, 0.1) is 79.2 Å². The van der Waals surface area contributed by atoms with E-state index in [0.717, 1.165) is 214 Å². The van der Waals surface area contributed by atoms with Crippen LogP contribution in [0.2, 0.25) is 0 Å². The third-order valence-electron chi connectivity index (χ3n) is 18.9. The number of amides is 2. The summed E-state index contributed by atoms with van der Waals surface area (Å²) in [5.74, 6) is 0.